The van der Waals surface area contributed by atoms with Gasteiger partial charge in [-0.1, -0.05) is 69.2 Å². The van der Waals surface area contributed by atoms with Crippen molar-refractivity contribution >= 4 is 11.8 Å². The van der Waals surface area contributed by atoms with Gasteiger partial charge in [0, 0.05) is 64.2 Å². The van der Waals surface area contributed by atoms with E-state index in [9.17, 15) is 9.59 Å². The fourth-order valence-electron chi connectivity index (χ4n) is 5.85. The second-order valence-electron chi connectivity index (χ2n) is 16.1. The minimum absolute atomic E-state index is 0.0814. The summed E-state index contributed by atoms with van der Waals surface area (Å²) in [6, 6.07) is 0.727. The molecular formula is C32H66N4O2. The minimum Gasteiger partial charge on any atom is -0.356 e. The quantitative estimate of drug-likeness (QED) is 0.227. The number of nitrogens with one attached hydrogen (secondary N) is 2. The maximum atomic E-state index is 12.6. The van der Waals surface area contributed by atoms with Crippen molar-refractivity contribution in [3.05, 3.63) is 0 Å². The molecule has 6 nitrogen and oxygen atoms in total. The molecule has 0 spiro atoms. The monoisotopic (exact) mass is 539 g/mol. The minimum atomic E-state index is 0.0814. The van der Waals surface area contributed by atoms with E-state index in [1.165, 1.54) is 0 Å². The molecule has 0 aliphatic rings. The van der Waals surface area contributed by atoms with E-state index in [1.54, 1.807) is 0 Å². The topological polar surface area (TPSA) is 64.7 Å². The van der Waals surface area contributed by atoms with Gasteiger partial charge in [0.05, 0.1) is 0 Å². The van der Waals surface area contributed by atoms with Crippen molar-refractivity contribution in [2.24, 2.45) is 21.7 Å². The van der Waals surface area contributed by atoms with Crippen LogP contribution in [0.2, 0.25) is 0 Å². The molecule has 0 saturated carbocycles. The Morgan fingerprint density at radius 1 is 0.553 bits per heavy atom. The Hall–Kier alpha value is -1.14. The highest BCUT2D eigenvalue weighted by molar-refractivity contribution is 5.76. The first kappa shape index (κ1) is 36.9. The Morgan fingerprint density at radius 2 is 0.842 bits per heavy atom. The summed E-state index contributed by atoms with van der Waals surface area (Å²) in [6.07, 6.45) is 3.16. The molecule has 0 atom stereocenters. The maximum Gasteiger partial charge on any atom is 0.221 e. The van der Waals surface area contributed by atoms with Crippen LogP contribution in [0, 0.1) is 21.7 Å². The van der Waals surface area contributed by atoms with Gasteiger partial charge < -0.3 is 10.6 Å². The maximum absolute atomic E-state index is 12.6. The van der Waals surface area contributed by atoms with E-state index in [1.807, 2.05) is 0 Å². The average molecular weight is 539 g/mol. The van der Waals surface area contributed by atoms with Crippen LogP contribution in [0.4, 0.5) is 0 Å². The molecule has 6 heteroatoms. The highest BCUT2D eigenvalue weighted by Gasteiger charge is 2.27. The van der Waals surface area contributed by atoms with Crippen molar-refractivity contribution in [1.82, 2.24) is 20.4 Å². The lowest BCUT2D eigenvalue weighted by molar-refractivity contribution is -0.123. The van der Waals surface area contributed by atoms with Crippen LogP contribution in [0.5, 0.6) is 0 Å². The van der Waals surface area contributed by atoms with Gasteiger partial charge >= 0.3 is 0 Å². The van der Waals surface area contributed by atoms with Gasteiger partial charge in [-0.3, -0.25) is 19.4 Å². The van der Waals surface area contributed by atoms with Crippen molar-refractivity contribution in [3.8, 4) is 0 Å². The van der Waals surface area contributed by atoms with Gasteiger partial charge in [-0.15, -0.1) is 0 Å². The molecule has 0 fully saturated rings. The first-order chi connectivity index (χ1) is 17.0. The zero-order valence-corrected chi connectivity index (χ0v) is 27.9. The highest BCUT2D eigenvalue weighted by atomic mass is 16.2. The Bertz CT molecular complexity index is 639. The predicted molar refractivity (Wildman–Crippen MR) is 164 cm³/mol. The first-order valence-corrected chi connectivity index (χ1v) is 15.0. The number of amides is 2. The molecule has 2 N–H and O–H groups in total. The van der Waals surface area contributed by atoms with Crippen LogP contribution < -0.4 is 10.6 Å². The Kier molecular flexibility index (Phi) is 15.1. The third-order valence-electron chi connectivity index (χ3n) is 6.93. The SMILES string of the molecule is CC(C)N(CCC(=O)NCC(C)(C)CC(C)(C)C)CCN(CCC(=O)NCC(C)(C)CC(C)(C)C)C(C)C. The fraction of sp³-hybridized carbons (Fsp3) is 0.938. The zero-order valence-electron chi connectivity index (χ0n) is 27.9. The van der Waals surface area contributed by atoms with E-state index < -0.39 is 0 Å². The molecule has 0 radical (unpaired) electrons. The van der Waals surface area contributed by atoms with Crippen molar-refractivity contribution in [1.29, 1.82) is 0 Å². The van der Waals surface area contributed by atoms with Gasteiger partial charge in [0.15, 0.2) is 0 Å². The Morgan fingerprint density at radius 3 is 1.08 bits per heavy atom. The molecule has 0 aliphatic carbocycles. The van der Waals surface area contributed by atoms with Gasteiger partial charge in [0.1, 0.15) is 0 Å². The van der Waals surface area contributed by atoms with Gasteiger partial charge in [-0.2, -0.15) is 0 Å². The normalized spacial score (nSPS) is 13.6. The van der Waals surface area contributed by atoms with Crippen LogP contribution in [0.15, 0.2) is 0 Å². The van der Waals surface area contributed by atoms with Crippen molar-refractivity contribution < 1.29 is 9.59 Å². The van der Waals surface area contributed by atoms with Crippen LogP contribution in [0.3, 0.4) is 0 Å². The van der Waals surface area contributed by atoms with Crippen LogP contribution in [-0.4, -0.2) is 73.0 Å². The molecule has 226 valence electrons. The molecule has 0 unspecified atom stereocenters. The van der Waals surface area contributed by atoms with Gasteiger partial charge in [-0.05, 0) is 62.2 Å². The lowest BCUT2D eigenvalue weighted by Crippen LogP contribution is -2.44. The molecule has 0 aromatic rings. The summed E-state index contributed by atoms with van der Waals surface area (Å²) in [4.78, 5) is 30.0. The van der Waals surface area contributed by atoms with E-state index in [0.717, 1.165) is 39.0 Å². The third kappa shape index (κ3) is 19.0. The average Bonchev–Trinajstić information content (AvgIpc) is 2.68. The summed E-state index contributed by atoms with van der Waals surface area (Å²) < 4.78 is 0. The summed E-state index contributed by atoms with van der Waals surface area (Å²) in [6.45, 7) is 35.9. The fourth-order valence-corrected chi connectivity index (χ4v) is 5.85. The second-order valence-corrected chi connectivity index (χ2v) is 16.1. The summed E-state index contributed by atoms with van der Waals surface area (Å²) in [5, 5.41) is 6.34. The summed E-state index contributed by atoms with van der Waals surface area (Å²) >= 11 is 0. The largest absolute Gasteiger partial charge is 0.356 e. The lowest BCUT2D eigenvalue weighted by atomic mass is 9.76. The highest BCUT2D eigenvalue weighted by Crippen LogP contribution is 2.33. The van der Waals surface area contributed by atoms with Gasteiger partial charge in [-0.25, -0.2) is 0 Å². The molecule has 0 saturated heterocycles. The molecule has 38 heavy (non-hydrogen) atoms. The predicted octanol–water partition coefficient (Wildman–Crippen LogP) is 6.34. The Labute approximate surface area is 237 Å². The number of nitrogens with zero attached hydrogens (tertiary/aromatic N) is 2. The number of hydrogen-bond acceptors (Lipinski definition) is 4. The zero-order chi connectivity index (χ0) is 29.9. The number of rotatable bonds is 17. The van der Waals surface area contributed by atoms with E-state index >= 15 is 0 Å². The molecule has 0 heterocycles. The molecule has 0 rings (SSSR count). The van der Waals surface area contributed by atoms with E-state index in [2.05, 4.69) is 117 Å². The molecule has 0 aliphatic heterocycles. The standard InChI is InChI=1S/C32H66N4O2/c1-25(2)35(17-15-27(37)33-23-31(11,12)21-29(5,6)7)19-20-36(26(3)4)18-16-28(38)34-24-32(13,14)22-30(8,9)10/h25-26H,15-24H2,1-14H3,(H,33,37)(H,34,38). The van der Waals surface area contributed by atoms with Crippen molar-refractivity contribution in [3.63, 3.8) is 0 Å². The Balaban J connectivity index is 4.68. The summed E-state index contributed by atoms with van der Waals surface area (Å²) in [5.41, 5.74) is 0.652. The molecule has 0 aromatic carbocycles. The number of carbonyl (C=O) groups is 2. The van der Waals surface area contributed by atoms with Gasteiger partial charge in [0.25, 0.3) is 0 Å². The van der Waals surface area contributed by atoms with Crippen LogP contribution >= 0.6 is 0 Å². The van der Waals surface area contributed by atoms with E-state index in [4.69, 9.17) is 0 Å². The van der Waals surface area contributed by atoms with E-state index in [-0.39, 0.29) is 33.5 Å². The van der Waals surface area contributed by atoms with Crippen LogP contribution in [0.1, 0.15) is 123 Å². The molecule has 2 amide bonds. The lowest BCUT2D eigenvalue weighted by Gasteiger charge is -2.33. The first-order valence-electron chi connectivity index (χ1n) is 15.0. The van der Waals surface area contributed by atoms with Gasteiger partial charge in [0.2, 0.25) is 11.8 Å². The van der Waals surface area contributed by atoms with Crippen molar-refractivity contribution in [2.75, 3.05) is 39.3 Å². The van der Waals surface area contributed by atoms with Crippen LogP contribution in [0.25, 0.3) is 0 Å². The summed E-state index contributed by atoms with van der Waals surface area (Å²) in [5.74, 6) is 0.258. The second kappa shape index (κ2) is 15.6. The van der Waals surface area contributed by atoms with Crippen LogP contribution in [-0.2, 0) is 9.59 Å². The smallest absolute Gasteiger partial charge is 0.221 e. The molecular weight excluding hydrogens is 472 g/mol. The third-order valence-corrected chi connectivity index (χ3v) is 6.93. The van der Waals surface area contributed by atoms with E-state index in [0.29, 0.717) is 38.0 Å². The number of carbonyl (C=O) groups excluding carboxylic acids is 2. The molecule has 0 bridgehead atoms. The molecule has 0 aromatic heterocycles. The van der Waals surface area contributed by atoms with Crippen molar-refractivity contribution in [2.45, 2.75) is 135 Å². The number of hydrogen-bond donors (Lipinski definition) is 2. The summed E-state index contributed by atoms with van der Waals surface area (Å²) in [7, 11) is 0.